The molecule has 4 nitrogen and oxygen atoms in total. The van der Waals surface area contributed by atoms with Crippen molar-refractivity contribution in [3.05, 3.63) is 40.9 Å². The van der Waals surface area contributed by atoms with Crippen molar-refractivity contribution in [1.29, 1.82) is 0 Å². The Labute approximate surface area is 145 Å². The fourth-order valence-electron chi connectivity index (χ4n) is 2.78. The van der Waals surface area contributed by atoms with E-state index in [1.54, 1.807) is 6.08 Å². The predicted octanol–water partition coefficient (Wildman–Crippen LogP) is 4.28. The number of hydrogen-bond donors (Lipinski definition) is 0. The Bertz CT molecular complexity index is 888. The summed E-state index contributed by atoms with van der Waals surface area (Å²) in [4.78, 5) is 25.8. The molecular formula is C19H18N2O2S. The van der Waals surface area contributed by atoms with Crippen LogP contribution in [0.3, 0.4) is 0 Å². The lowest BCUT2D eigenvalue weighted by molar-refractivity contribution is -0.122. The molecule has 0 N–H and O–H groups in total. The van der Waals surface area contributed by atoms with Crippen LogP contribution >= 0.6 is 11.8 Å². The first kappa shape index (κ1) is 16.4. The van der Waals surface area contributed by atoms with E-state index in [-0.39, 0.29) is 17.7 Å². The van der Waals surface area contributed by atoms with E-state index in [1.165, 1.54) is 0 Å². The molecule has 24 heavy (non-hydrogen) atoms. The third kappa shape index (κ3) is 2.74. The van der Waals surface area contributed by atoms with E-state index in [0.29, 0.717) is 10.9 Å². The quantitative estimate of drug-likeness (QED) is 0.617. The van der Waals surface area contributed by atoms with Gasteiger partial charge in [0.15, 0.2) is 0 Å². The smallest absolute Gasteiger partial charge is 0.294 e. The third-order valence-corrected chi connectivity index (χ3v) is 5.15. The molecule has 0 saturated carbocycles. The molecule has 1 fully saturated rings. The second-order valence-corrected chi connectivity index (χ2v) is 6.73. The first-order valence-corrected chi connectivity index (χ1v) is 8.66. The van der Waals surface area contributed by atoms with Gasteiger partial charge in [-0.15, -0.1) is 6.42 Å². The average Bonchev–Trinajstić information content (AvgIpc) is 3.08. The van der Waals surface area contributed by atoms with Gasteiger partial charge in [-0.1, -0.05) is 31.0 Å². The number of benzene rings is 1. The highest BCUT2D eigenvalue weighted by Crippen LogP contribution is 2.34. The van der Waals surface area contributed by atoms with Crippen LogP contribution in [0.15, 0.2) is 35.4 Å². The monoisotopic (exact) mass is 338 g/mol. The third-order valence-electron chi connectivity index (χ3n) is 4.25. The Morgan fingerprint density at radius 2 is 2.08 bits per heavy atom. The van der Waals surface area contributed by atoms with Crippen LogP contribution < -0.4 is 0 Å². The van der Waals surface area contributed by atoms with Gasteiger partial charge in [-0.3, -0.25) is 14.5 Å². The van der Waals surface area contributed by atoms with Gasteiger partial charge in [0.2, 0.25) is 0 Å². The van der Waals surface area contributed by atoms with Crippen molar-refractivity contribution in [2.45, 2.75) is 26.3 Å². The standard InChI is InChI=1S/C19H18N2O2S/c1-4-10-20-18(22)17(24-19(20)23)11-14-12-21(13(3)5-2)16-9-7-6-8-15(14)16/h1,6-9,11-13H,5,10H2,2-3H3/b17-11+/t13-/m1/s1. The number of amides is 2. The van der Waals surface area contributed by atoms with Crippen molar-refractivity contribution in [2.24, 2.45) is 0 Å². The van der Waals surface area contributed by atoms with Crippen LogP contribution in [-0.4, -0.2) is 27.2 Å². The van der Waals surface area contributed by atoms with E-state index in [0.717, 1.165) is 39.5 Å². The van der Waals surface area contributed by atoms with Crippen LogP contribution in [-0.2, 0) is 4.79 Å². The summed E-state index contributed by atoms with van der Waals surface area (Å²) < 4.78 is 2.22. The lowest BCUT2D eigenvalue weighted by atomic mass is 10.1. The first-order chi connectivity index (χ1) is 11.6. The molecule has 1 atom stereocenters. The lowest BCUT2D eigenvalue weighted by Gasteiger charge is -2.12. The molecule has 0 bridgehead atoms. The Morgan fingerprint density at radius 3 is 2.79 bits per heavy atom. The molecule has 2 aromatic rings. The van der Waals surface area contributed by atoms with E-state index >= 15 is 0 Å². The lowest BCUT2D eigenvalue weighted by Crippen LogP contribution is -2.28. The molecule has 1 aliphatic rings. The van der Waals surface area contributed by atoms with E-state index in [1.807, 2.05) is 24.4 Å². The zero-order valence-corrected chi connectivity index (χ0v) is 14.5. The number of terminal acetylenes is 1. The molecule has 2 amide bonds. The fraction of sp³-hybridized carbons (Fsp3) is 0.263. The Kier molecular flexibility index (Phi) is 4.50. The summed E-state index contributed by atoms with van der Waals surface area (Å²) in [5.41, 5.74) is 2.07. The van der Waals surface area contributed by atoms with Crippen molar-refractivity contribution in [2.75, 3.05) is 6.54 Å². The van der Waals surface area contributed by atoms with Gasteiger partial charge in [-0.25, -0.2) is 0 Å². The minimum absolute atomic E-state index is 0.0106. The van der Waals surface area contributed by atoms with Gasteiger partial charge in [0.25, 0.3) is 11.1 Å². The summed E-state index contributed by atoms with van der Waals surface area (Å²) in [6.45, 7) is 4.32. The number of rotatable bonds is 4. The minimum atomic E-state index is -0.316. The van der Waals surface area contributed by atoms with Crippen LogP contribution in [0.25, 0.3) is 17.0 Å². The molecule has 2 heterocycles. The molecule has 1 saturated heterocycles. The van der Waals surface area contributed by atoms with Gasteiger partial charge in [0.05, 0.1) is 11.4 Å². The summed E-state index contributed by atoms with van der Waals surface area (Å²) in [6.07, 6.45) is 10.1. The molecular weight excluding hydrogens is 320 g/mol. The maximum Gasteiger partial charge on any atom is 0.294 e. The van der Waals surface area contributed by atoms with Crippen molar-refractivity contribution in [3.63, 3.8) is 0 Å². The number of hydrogen-bond acceptors (Lipinski definition) is 3. The molecule has 0 spiro atoms. The van der Waals surface area contributed by atoms with Crippen LogP contribution in [0, 0.1) is 12.3 Å². The Balaban J connectivity index is 2.07. The number of aromatic nitrogens is 1. The van der Waals surface area contributed by atoms with Crippen LogP contribution in [0.5, 0.6) is 0 Å². The maximum atomic E-state index is 12.4. The van der Waals surface area contributed by atoms with E-state index < -0.39 is 0 Å². The topological polar surface area (TPSA) is 42.3 Å². The number of nitrogens with zero attached hydrogens (tertiary/aromatic N) is 2. The predicted molar refractivity (Wildman–Crippen MR) is 98.5 cm³/mol. The highest BCUT2D eigenvalue weighted by Gasteiger charge is 2.34. The second kappa shape index (κ2) is 6.58. The molecule has 0 unspecified atom stereocenters. The molecule has 1 aliphatic heterocycles. The first-order valence-electron chi connectivity index (χ1n) is 7.85. The number of imide groups is 1. The van der Waals surface area contributed by atoms with Crippen molar-refractivity contribution in [3.8, 4) is 12.3 Å². The number of carbonyl (C=O) groups excluding carboxylic acids is 2. The van der Waals surface area contributed by atoms with Gasteiger partial charge >= 0.3 is 0 Å². The van der Waals surface area contributed by atoms with Gasteiger partial charge in [-0.05, 0) is 37.2 Å². The van der Waals surface area contributed by atoms with Crippen molar-refractivity contribution < 1.29 is 9.59 Å². The van der Waals surface area contributed by atoms with Crippen molar-refractivity contribution in [1.82, 2.24) is 9.47 Å². The summed E-state index contributed by atoms with van der Waals surface area (Å²) in [7, 11) is 0. The molecule has 0 aliphatic carbocycles. The molecule has 1 aromatic carbocycles. The summed E-state index contributed by atoms with van der Waals surface area (Å²) >= 11 is 0.942. The summed E-state index contributed by atoms with van der Waals surface area (Å²) in [6, 6.07) is 8.44. The number of carbonyl (C=O) groups is 2. The average molecular weight is 338 g/mol. The summed E-state index contributed by atoms with van der Waals surface area (Å²) in [5, 5.41) is 0.761. The van der Waals surface area contributed by atoms with E-state index in [2.05, 4.69) is 30.4 Å². The maximum absolute atomic E-state index is 12.4. The Hall–Kier alpha value is -2.45. The number of para-hydroxylation sites is 1. The van der Waals surface area contributed by atoms with Crippen LogP contribution in [0.1, 0.15) is 31.9 Å². The molecule has 3 rings (SSSR count). The minimum Gasteiger partial charge on any atom is -0.344 e. The van der Waals surface area contributed by atoms with Crippen LogP contribution in [0.4, 0.5) is 4.79 Å². The van der Waals surface area contributed by atoms with Gasteiger partial charge in [-0.2, -0.15) is 0 Å². The van der Waals surface area contributed by atoms with Gasteiger partial charge in [0.1, 0.15) is 0 Å². The molecule has 0 radical (unpaired) electrons. The largest absolute Gasteiger partial charge is 0.344 e. The molecule has 5 heteroatoms. The molecule has 122 valence electrons. The Morgan fingerprint density at radius 1 is 1.33 bits per heavy atom. The van der Waals surface area contributed by atoms with Crippen LogP contribution in [0.2, 0.25) is 0 Å². The normalized spacial score (nSPS) is 17.7. The second-order valence-electron chi connectivity index (χ2n) is 5.74. The van der Waals surface area contributed by atoms with Gasteiger partial charge < -0.3 is 4.57 Å². The zero-order chi connectivity index (χ0) is 17.3. The number of fused-ring (bicyclic) bond motifs is 1. The molecule has 1 aromatic heterocycles. The van der Waals surface area contributed by atoms with E-state index in [4.69, 9.17) is 6.42 Å². The van der Waals surface area contributed by atoms with E-state index in [9.17, 15) is 9.59 Å². The highest BCUT2D eigenvalue weighted by molar-refractivity contribution is 8.18. The SMILES string of the molecule is C#CCN1C(=O)S/C(=C/c2cn([C@H](C)CC)c3ccccc23)C1=O. The zero-order valence-electron chi connectivity index (χ0n) is 13.7. The summed E-state index contributed by atoms with van der Waals surface area (Å²) in [5.74, 6) is 2.03. The number of thioether (sulfide) groups is 1. The van der Waals surface area contributed by atoms with Gasteiger partial charge in [0, 0.05) is 28.7 Å². The van der Waals surface area contributed by atoms with Crippen molar-refractivity contribution >= 4 is 39.9 Å². The fourth-order valence-corrected chi connectivity index (χ4v) is 3.61. The highest BCUT2D eigenvalue weighted by atomic mass is 32.2.